The Morgan fingerprint density at radius 2 is 1.31 bits per heavy atom. The number of hydrogen-bond donors (Lipinski definition) is 1. The first kappa shape index (κ1) is 30.8. The van der Waals surface area contributed by atoms with Gasteiger partial charge in [0, 0.05) is 6.42 Å². The highest BCUT2D eigenvalue weighted by Crippen LogP contribution is 2.24. The zero-order chi connectivity index (χ0) is 24.1. The number of carboxylic acids is 1. The van der Waals surface area contributed by atoms with Gasteiger partial charge in [0.25, 0.3) is 0 Å². The number of ketones is 1. The van der Waals surface area contributed by atoms with Crippen molar-refractivity contribution in [3.05, 3.63) is 12.2 Å². The summed E-state index contributed by atoms with van der Waals surface area (Å²) in [7, 11) is 0. The van der Waals surface area contributed by atoms with Crippen LogP contribution in [0.15, 0.2) is 12.2 Å². The number of unbranched alkanes of at least 4 members (excludes halogenated alkanes) is 12. The Kier molecular flexibility index (Phi) is 19.6. The van der Waals surface area contributed by atoms with Crippen LogP contribution in [0.3, 0.4) is 0 Å². The summed E-state index contributed by atoms with van der Waals surface area (Å²) in [4.78, 5) is 23.4. The summed E-state index contributed by atoms with van der Waals surface area (Å²) in [5.41, 5.74) is 0. The van der Waals surface area contributed by atoms with Gasteiger partial charge < -0.3 is 14.6 Å². The number of ether oxygens (including phenoxy) is 2. The molecule has 0 aliphatic rings. The van der Waals surface area contributed by atoms with Crippen LogP contribution in [0.25, 0.3) is 0 Å². The number of carbonyl (C=O) groups excluding carboxylic acids is 1. The minimum absolute atomic E-state index is 0.215. The number of allylic oxidation sites excluding steroid dienone is 2. The van der Waals surface area contributed by atoms with Gasteiger partial charge >= 0.3 is 5.97 Å². The van der Waals surface area contributed by atoms with Crippen molar-refractivity contribution >= 4 is 11.8 Å². The first-order chi connectivity index (χ1) is 15.4. The lowest BCUT2D eigenvalue weighted by molar-refractivity contribution is -0.244. The fourth-order valence-corrected chi connectivity index (χ4v) is 3.80. The molecule has 0 rings (SSSR count). The van der Waals surface area contributed by atoms with Gasteiger partial charge in [-0.3, -0.25) is 9.59 Å². The van der Waals surface area contributed by atoms with E-state index in [-0.39, 0.29) is 6.10 Å². The van der Waals surface area contributed by atoms with E-state index in [4.69, 9.17) is 14.6 Å². The SMILES string of the molecule is CCCCCCCCC=CCCCCCCCCOC(CC)(OC(C)C)C(=O)CC(=O)O. The van der Waals surface area contributed by atoms with Gasteiger partial charge in [0.05, 0.1) is 12.7 Å². The Morgan fingerprint density at radius 1 is 0.812 bits per heavy atom. The fraction of sp³-hybridized carbons (Fsp3) is 0.852. The zero-order valence-corrected chi connectivity index (χ0v) is 21.3. The number of carbonyl (C=O) groups is 2. The van der Waals surface area contributed by atoms with E-state index in [2.05, 4.69) is 19.1 Å². The Bertz CT molecular complexity index is 500. The number of hydrogen-bond acceptors (Lipinski definition) is 4. The van der Waals surface area contributed by atoms with Gasteiger partial charge in [-0.2, -0.15) is 0 Å². The molecule has 0 fully saturated rings. The summed E-state index contributed by atoms with van der Waals surface area (Å²) in [5, 5.41) is 8.96. The molecule has 0 saturated carbocycles. The molecule has 0 saturated heterocycles. The zero-order valence-electron chi connectivity index (χ0n) is 21.3. The minimum atomic E-state index is -1.44. The quantitative estimate of drug-likeness (QED) is 0.0744. The first-order valence-electron chi connectivity index (χ1n) is 13.1. The van der Waals surface area contributed by atoms with Gasteiger partial charge in [-0.15, -0.1) is 0 Å². The molecule has 188 valence electrons. The van der Waals surface area contributed by atoms with E-state index in [0.29, 0.717) is 13.0 Å². The standard InChI is InChI=1S/C27H50O5/c1-5-7-8-9-10-11-12-13-14-15-16-17-18-19-20-21-22-31-27(6-2,32-24(3)4)25(28)23-26(29)30/h13-14,24H,5-12,15-23H2,1-4H3,(H,29,30). The minimum Gasteiger partial charge on any atom is -0.481 e. The molecule has 1 unspecified atom stereocenters. The molecule has 0 bridgehead atoms. The predicted molar refractivity (Wildman–Crippen MR) is 132 cm³/mol. The summed E-state index contributed by atoms with van der Waals surface area (Å²) in [6.07, 6.45) is 21.5. The normalized spacial score (nSPS) is 13.7. The Morgan fingerprint density at radius 3 is 1.78 bits per heavy atom. The van der Waals surface area contributed by atoms with Crippen molar-refractivity contribution in [2.24, 2.45) is 0 Å². The molecule has 1 N–H and O–H groups in total. The van der Waals surface area contributed by atoms with Crippen LogP contribution in [0, 0.1) is 0 Å². The molecule has 5 nitrogen and oxygen atoms in total. The van der Waals surface area contributed by atoms with E-state index in [9.17, 15) is 9.59 Å². The molecule has 0 aromatic carbocycles. The van der Waals surface area contributed by atoms with Crippen molar-refractivity contribution in [2.45, 2.75) is 142 Å². The molecule has 0 radical (unpaired) electrons. The maximum atomic E-state index is 12.4. The van der Waals surface area contributed by atoms with Crippen LogP contribution >= 0.6 is 0 Å². The van der Waals surface area contributed by atoms with Crippen LogP contribution in [-0.2, 0) is 19.1 Å². The van der Waals surface area contributed by atoms with Crippen LogP contribution in [0.1, 0.15) is 130 Å². The van der Waals surface area contributed by atoms with E-state index in [1.54, 1.807) is 6.92 Å². The van der Waals surface area contributed by atoms with Crippen molar-refractivity contribution in [3.8, 4) is 0 Å². The fourth-order valence-electron chi connectivity index (χ4n) is 3.80. The average molecular weight is 455 g/mol. The molecule has 1 atom stereocenters. The lowest BCUT2D eigenvalue weighted by Gasteiger charge is -2.33. The van der Waals surface area contributed by atoms with Gasteiger partial charge in [0.15, 0.2) is 0 Å². The molecule has 5 heteroatoms. The van der Waals surface area contributed by atoms with E-state index < -0.39 is 24.0 Å². The maximum Gasteiger partial charge on any atom is 0.311 e. The second-order valence-corrected chi connectivity index (χ2v) is 9.05. The monoisotopic (exact) mass is 454 g/mol. The van der Waals surface area contributed by atoms with E-state index in [0.717, 1.165) is 19.3 Å². The summed E-state index contributed by atoms with van der Waals surface area (Å²) >= 11 is 0. The lowest BCUT2D eigenvalue weighted by Crippen LogP contribution is -2.46. The van der Waals surface area contributed by atoms with Gasteiger partial charge in [-0.1, -0.05) is 83.8 Å². The molecule has 32 heavy (non-hydrogen) atoms. The van der Waals surface area contributed by atoms with E-state index >= 15 is 0 Å². The summed E-state index contributed by atoms with van der Waals surface area (Å²) in [5.74, 6) is -3.10. The van der Waals surface area contributed by atoms with Crippen LogP contribution < -0.4 is 0 Å². The van der Waals surface area contributed by atoms with Crippen molar-refractivity contribution < 1.29 is 24.2 Å². The van der Waals surface area contributed by atoms with Crippen molar-refractivity contribution in [1.29, 1.82) is 0 Å². The predicted octanol–water partition coefficient (Wildman–Crippen LogP) is 7.62. The highest BCUT2D eigenvalue weighted by Gasteiger charge is 2.40. The van der Waals surface area contributed by atoms with E-state index in [1.165, 1.54) is 70.6 Å². The lowest BCUT2D eigenvalue weighted by atomic mass is 10.0. The van der Waals surface area contributed by atoms with Crippen LogP contribution in [0.5, 0.6) is 0 Å². The number of carboxylic acid groups (broad SMARTS) is 1. The Balaban J connectivity index is 3.84. The third-order valence-electron chi connectivity index (χ3n) is 5.62. The number of aliphatic carboxylic acids is 1. The molecular weight excluding hydrogens is 404 g/mol. The Hall–Kier alpha value is -1.20. The van der Waals surface area contributed by atoms with Crippen LogP contribution in [0.4, 0.5) is 0 Å². The first-order valence-corrected chi connectivity index (χ1v) is 13.1. The van der Waals surface area contributed by atoms with Crippen molar-refractivity contribution in [3.63, 3.8) is 0 Å². The average Bonchev–Trinajstić information content (AvgIpc) is 2.74. The topological polar surface area (TPSA) is 72.8 Å². The summed E-state index contributed by atoms with van der Waals surface area (Å²) in [6, 6.07) is 0. The van der Waals surface area contributed by atoms with Crippen molar-refractivity contribution in [2.75, 3.05) is 6.61 Å². The third-order valence-corrected chi connectivity index (χ3v) is 5.62. The Labute approximate surface area is 197 Å². The molecule has 0 heterocycles. The smallest absolute Gasteiger partial charge is 0.311 e. The van der Waals surface area contributed by atoms with Gasteiger partial charge in [-0.05, 0) is 46.0 Å². The second kappa shape index (κ2) is 20.4. The molecule has 0 aromatic heterocycles. The van der Waals surface area contributed by atoms with Gasteiger partial charge in [-0.25, -0.2) is 0 Å². The highest BCUT2D eigenvalue weighted by molar-refractivity contribution is 5.98. The van der Waals surface area contributed by atoms with Crippen LogP contribution in [-0.4, -0.2) is 35.4 Å². The molecule has 0 spiro atoms. The van der Waals surface area contributed by atoms with Crippen molar-refractivity contribution in [1.82, 2.24) is 0 Å². The largest absolute Gasteiger partial charge is 0.481 e. The van der Waals surface area contributed by atoms with E-state index in [1.807, 2.05) is 13.8 Å². The molecule has 0 aromatic rings. The molecule has 0 aliphatic heterocycles. The molecule has 0 amide bonds. The molecular formula is C27H50O5. The third kappa shape index (κ3) is 16.4. The highest BCUT2D eigenvalue weighted by atomic mass is 16.7. The number of rotatable bonds is 23. The summed E-state index contributed by atoms with van der Waals surface area (Å²) in [6.45, 7) is 8.11. The molecule has 0 aliphatic carbocycles. The van der Waals surface area contributed by atoms with Gasteiger partial charge in [0.2, 0.25) is 11.6 Å². The second-order valence-electron chi connectivity index (χ2n) is 9.05. The number of Topliss-reactive ketones (excluding diaryl/α,β-unsaturated/α-hetero) is 1. The maximum absolute atomic E-state index is 12.4. The van der Waals surface area contributed by atoms with Gasteiger partial charge in [0.1, 0.15) is 6.42 Å². The van der Waals surface area contributed by atoms with Crippen LogP contribution in [0.2, 0.25) is 0 Å². The summed E-state index contributed by atoms with van der Waals surface area (Å²) < 4.78 is 11.6.